The zero-order valence-electron chi connectivity index (χ0n) is 13.0. The molecule has 2 rings (SSSR count). The second-order valence-corrected chi connectivity index (χ2v) is 5.82. The van der Waals surface area contributed by atoms with Gasteiger partial charge in [0.2, 0.25) is 0 Å². The van der Waals surface area contributed by atoms with E-state index in [0.717, 1.165) is 18.4 Å². The molecule has 1 aromatic carbocycles. The molecule has 4 heteroatoms. The molecule has 1 fully saturated rings. The minimum absolute atomic E-state index is 0.0223. The summed E-state index contributed by atoms with van der Waals surface area (Å²) in [6, 6.07) is 9.89. The topological polar surface area (TPSA) is 55.6 Å². The van der Waals surface area contributed by atoms with Gasteiger partial charge in [-0.3, -0.25) is 4.79 Å². The molecule has 1 saturated carbocycles. The number of nitrogens with two attached hydrogens (primary N) is 1. The molecule has 3 unspecified atom stereocenters. The Morgan fingerprint density at radius 2 is 2.00 bits per heavy atom. The second kappa shape index (κ2) is 7.57. The van der Waals surface area contributed by atoms with E-state index in [0.29, 0.717) is 12.5 Å². The lowest BCUT2D eigenvalue weighted by Crippen LogP contribution is -2.47. The van der Waals surface area contributed by atoms with Gasteiger partial charge >= 0.3 is 0 Å². The van der Waals surface area contributed by atoms with Crippen LogP contribution in [0.1, 0.15) is 37.4 Å². The van der Waals surface area contributed by atoms with Crippen LogP contribution in [0, 0.1) is 5.92 Å². The number of hydrogen-bond acceptors (Lipinski definition) is 3. The predicted octanol–water partition coefficient (Wildman–Crippen LogP) is 2.35. The standard InChI is InChI=1S/C17H26N2O2/c1-19(15-11-7-6-10-14(15)12-18)17(20)16(21-2)13-8-4-3-5-9-13/h3-5,8-9,14-16H,6-7,10-12,18H2,1-2H3. The summed E-state index contributed by atoms with van der Waals surface area (Å²) in [5.41, 5.74) is 6.78. The Balaban J connectivity index is 2.13. The molecule has 4 nitrogen and oxygen atoms in total. The van der Waals surface area contributed by atoms with E-state index >= 15 is 0 Å². The number of carbonyl (C=O) groups is 1. The van der Waals surface area contributed by atoms with Crippen molar-refractivity contribution >= 4 is 5.91 Å². The maximum Gasteiger partial charge on any atom is 0.256 e. The molecule has 0 aliphatic heterocycles. The lowest BCUT2D eigenvalue weighted by atomic mass is 9.83. The summed E-state index contributed by atoms with van der Waals surface area (Å²) >= 11 is 0. The van der Waals surface area contributed by atoms with Crippen molar-refractivity contribution in [1.82, 2.24) is 4.90 Å². The number of ether oxygens (including phenoxy) is 1. The lowest BCUT2D eigenvalue weighted by molar-refractivity contribution is -0.145. The number of hydrogen-bond donors (Lipinski definition) is 1. The molecule has 0 aromatic heterocycles. The molecular weight excluding hydrogens is 264 g/mol. The number of benzene rings is 1. The van der Waals surface area contributed by atoms with Gasteiger partial charge in [-0.15, -0.1) is 0 Å². The van der Waals surface area contributed by atoms with Crippen molar-refractivity contribution in [2.45, 2.75) is 37.8 Å². The van der Waals surface area contributed by atoms with Crippen LogP contribution in [0.2, 0.25) is 0 Å². The van der Waals surface area contributed by atoms with E-state index in [1.807, 2.05) is 42.3 Å². The van der Waals surface area contributed by atoms with Gasteiger partial charge in [-0.25, -0.2) is 0 Å². The predicted molar refractivity (Wildman–Crippen MR) is 83.8 cm³/mol. The Hall–Kier alpha value is -1.39. The van der Waals surface area contributed by atoms with E-state index in [4.69, 9.17) is 10.5 Å². The summed E-state index contributed by atoms with van der Waals surface area (Å²) in [6.45, 7) is 0.644. The molecule has 1 aromatic rings. The number of amides is 1. The largest absolute Gasteiger partial charge is 0.367 e. The number of methoxy groups -OCH3 is 1. The minimum Gasteiger partial charge on any atom is -0.367 e. The van der Waals surface area contributed by atoms with Crippen LogP contribution in [-0.2, 0) is 9.53 Å². The monoisotopic (exact) mass is 290 g/mol. The van der Waals surface area contributed by atoms with Gasteiger partial charge in [0.05, 0.1) is 0 Å². The van der Waals surface area contributed by atoms with Gasteiger partial charge in [-0.05, 0) is 30.9 Å². The molecule has 2 N–H and O–H groups in total. The first kappa shape index (κ1) is 16.0. The summed E-state index contributed by atoms with van der Waals surface area (Å²) in [5, 5.41) is 0. The average Bonchev–Trinajstić information content (AvgIpc) is 2.55. The highest BCUT2D eigenvalue weighted by Crippen LogP contribution is 2.29. The van der Waals surface area contributed by atoms with Crippen LogP contribution in [0.25, 0.3) is 0 Å². The first-order valence-electron chi connectivity index (χ1n) is 7.73. The molecule has 0 spiro atoms. The smallest absolute Gasteiger partial charge is 0.256 e. The zero-order chi connectivity index (χ0) is 15.2. The van der Waals surface area contributed by atoms with Crippen LogP contribution in [0.15, 0.2) is 30.3 Å². The summed E-state index contributed by atoms with van der Waals surface area (Å²) in [5.74, 6) is 0.426. The van der Waals surface area contributed by atoms with Crippen molar-refractivity contribution in [3.8, 4) is 0 Å². The van der Waals surface area contributed by atoms with E-state index in [1.54, 1.807) is 7.11 Å². The van der Waals surface area contributed by atoms with Crippen LogP contribution in [-0.4, -0.2) is 37.6 Å². The van der Waals surface area contributed by atoms with Crippen molar-refractivity contribution in [2.75, 3.05) is 20.7 Å². The molecule has 0 bridgehead atoms. The summed E-state index contributed by atoms with van der Waals surface area (Å²) in [6.07, 6.45) is 4.00. The number of likely N-dealkylation sites (N-methyl/N-ethyl adjacent to an activating group) is 1. The molecule has 0 heterocycles. The first-order chi connectivity index (χ1) is 10.2. The fourth-order valence-corrected chi connectivity index (χ4v) is 3.33. The van der Waals surface area contributed by atoms with Crippen LogP contribution in [0.5, 0.6) is 0 Å². The molecule has 0 saturated heterocycles. The molecule has 116 valence electrons. The van der Waals surface area contributed by atoms with Crippen molar-refractivity contribution < 1.29 is 9.53 Å². The average molecular weight is 290 g/mol. The fraction of sp³-hybridized carbons (Fsp3) is 0.588. The maximum atomic E-state index is 12.8. The Kier molecular flexibility index (Phi) is 5.76. The molecule has 3 atom stereocenters. The number of rotatable bonds is 5. The van der Waals surface area contributed by atoms with E-state index in [9.17, 15) is 4.79 Å². The molecule has 1 amide bonds. The summed E-state index contributed by atoms with van der Waals surface area (Å²) < 4.78 is 5.46. The van der Waals surface area contributed by atoms with E-state index in [-0.39, 0.29) is 11.9 Å². The van der Waals surface area contributed by atoms with Crippen molar-refractivity contribution in [3.05, 3.63) is 35.9 Å². The SMILES string of the molecule is COC(C(=O)N(C)C1CCCCC1CN)c1ccccc1. The summed E-state index contributed by atoms with van der Waals surface area (Å²) in [7, 11) is 3.47. The maximum absolute atomic E-state index is 12.8. The molecular formula is C17H26N2O2. The third kappa shape index (κ3) is 3.63. The quantitative estimate of drug-likeness (QED) is 0.905. The number of carbonyl (C=O) groups excluding carboxylic acids is 1. The van der Waals surface area contributed by atoms with E-state index in [2.05, 4.69) is 0 Å². The normalized spacial score (nSPS) is 23.6. The van der Waals surface area contributed by atoms with Crippen LogP contribution < -0.4 is 5.73 Å². The van der Waals surface area contributed by atoms with E-state index < -0.39 is 6.10 Å². The highest BCUT2D eigenvalue weighted by atomic mass is 16.5. The zero-order valence-corrected chi connectivity index (χ0v) is 13.0. The van der Waals surface area contributed by atoms with Gasteiger partial charge in [0.15, 0.2) is 6.10 Å². The highest BCUT2D eigenvalue weighted by Gasteiger charge is 2.33. The van der Waals surface area contributed by atoms with Crippen LogP contribution >= 0.6 is 0 Å². The Bertz CT molecular complexity index is 449. The third-order valence-corrected chi connectivity index (χ3v) is 4.58. The first-order valence-corrected chi connectivity index (χ1v) is 7.73. The summed E-state index contributed by atoms with van der Waals surface area (Å²) in [4.78, 5) is 14.7. The molecule has 1 aliphatic carbocycles. The van der Waals surface area contributed by atoms with Gasteiger partial charge in [0.1, 0.15) is 0 Å². The Morgan fingerprint density at radius 1 is 1.33 bits per heavy atom. The van der Waals surface area contributed by atoms with Gasteiger partial charge in [-0.2, -0.15) is 0 Å². The fourth-order valence-electron chi connectivity index (χ4n) is 3.33. The number of nitrogens with zero attached hydrogens (tertiary/aromatic N) is 1. The van der Waals surface area contributed by atoms with Crippen molar-refractivity contribution in [3.63, 3.8) is 0 Å². The Morgan fingerprint density at radius 3 is 2.62 bits per heavy atom. The van der Waals surface area contributed by atoms with Crippen molar-refractivity contribution in [2.24, 2.45) is 11.7 Å². The van der Waals surface area contributed by atoms with Crippen molar-refractivity contribution in [1.29, 1.82) is 0 Å². The van der Waals surface area contributed by atoms with Gasteiger partial charge in [-0.1, -0.05) is 43.2 Å². The lowest BCUT2D eigenvalue weighted by Gasteiger charge is -2.38. The molecule has 0 radical (unpaired) electrons. The van der Waals surface area contributed by atoms with Gasteiger partial charge in [0.25, 0.3) is 5.91 Å². The van der Waals surface area contributed by atoms with Crippen LogP contribution in [0.3, 0.4) is 0 Å². The van der Waals surface area contributed by atoms with Gasteiger partial charge in [0, 0.05) is 20.2 Å². The highest BCUT2D eigenvalue weighted by molar-refractivity contribution is 5.82. The van der Waals surface area contributed by atoms with Crippen LogP contribution in [0.4, 0.5) is 0 Å². The molecule has 1 aliphatic rings. The minimum atomic E-state index is -0.531. The Labute approximate surface area is 127 Å². The third-order valence-electron chi connectivity index (χ3n) is 4.58. The molecule has 21 heavy (non-hydrogen) atoms. The van der Waals surface area contributed by atoms with Gasteiger partial charge < -0.3 is 15.4 Å². The van der Waals surface area contributed by atoms with E-state index in [1.165, 1.54) is 12.8 Å². The second-order valence-electron chi connectivity index (χ2n) is 5.82.